The van der Waals surface area contributed by atoms with E-state index in [0.29, 0.717) is 17.0 Å². The van der Waals surface area contributed by atoms with Crippen molar-refractivity contribution in [2.45, 2.75) is 29.3 Å². The molecule has 0 aliphatic rings. The molecule has 1 aromatic carbocycles. The quantitative estimate of drug-likeness (QED) is 0.929. The molecule has 0 radical (unpaired) electrons. The second-order valence-corrected chi connectivity index (χ2v) is 5.81. The fraction of sp³-hybridized carbons (Fsp3) is 0.214. The van der Waals surface area contributed by atoms with E-state index in [2.05, 4.69) is 4.98 Å². The summed E-state index contributed by atoms with van der Waals surface area (Å²) in [6.07, 6.45) is 2.08. The van der Waals surface area contributed by atoms with E-state index in [1.54, 1.807) is 18.3 Å². The molecule has 1 atom stereocenters. The van der Waals surface area contributed by atoms with Gasteiger partial charge >= 0.3 is 0 Å². The summed E-state index contributed by atoms with van der Waals surface area (Å²) < 4.78 is 13.9. The number of hydrogen-bond donors (Lipinski definition) is 1. The number of aromatic nitrogens is 1. The van der Waals surface area contributed by atoms with Crippen LogP contribution in [0.4, 0.5) is 4.39 Å². The highest BCUT2D eigenvalue weighted by Gasteiger charge is 2.12. The summed E-state index contributed by atoms with van der Waals surface area (Å²) in [6.45, 7) is 1.86. The molecule has 2 N–H and O–H groups in total. The Labute approximate surface area is 121 Å². The number of benzene rings is 1. The van der Waals surface area contributed by atoms with Gasteiger partial charge in [0.15, 0.2) is 0 Å². The molecule has 0 saturated carbocycles. The first-order chi connectivity index (χ1) is 9.06. The lowest BCUT2D eigenvalue weighted by molar-refractivity contribution is 0.588. The standard InChI is InChI=1S/C14H14ClFN2S/c1-9(17)7-11-12(16)3-2-4-13(11)19-14-6-5-10(15)8-18-14/h2-6,8-9H,7,17H2,1H3. The molecule has 19 heavy (non-hydrogen) atoms. The van der Waals surface area contributed by atoms with Crippen molar-refractivity contribution in [3.05, 3.63) is 52.9 Å². The van der Waals surface area contributed by atoms with Crippen molar-refractivity contribution in [1.29, 1.82) is 0 Å². The fourth-order valence-electron chi connectivity index (χ4n) is 1.69. The molecule has 0 saturated heterocycles. The van der Waals surface area contributed by atoms with Gasteiger partial charge in [0.05, 0.1) is 5.02 Å². The lowest BCUT2D eigenvalue weighted by Gasteiger charge is -2.12. The molecule has 0 aliphatic carbocycles. The second-order valence-electron chi connectivity index (χ2n) is 4.31. The van der Waals surface area contributed by atoms with Crippen molar-refractivity contribution in [3.63, 3.8) is 0 Å². The molecule has 0 amide bonds. The van der Waals surface area contributed by atoms with Gasteiger partial charge < -0.3 is 5.73 Å². The maximum Gasteiger partial charge on any atom is 0.127 e. The molecule has 2 rings (SSSR count). The molecule has 5 heteroatoms. The number of hydrogen-bond acceptors (Lipinski definition) is 3. The third-order valence-electron chi connectivity index (χ3n) is 2.52. The van der Waals surface area contributed by atoms with E-state index in [0.717, 1.165) is 9.92 Å². The van der Waals surface area contributed by atoms with Crippen molar-refractivity contribution in [2.75, 3.05) is 0 Å². The van der Waals surface area contributed by atoms with E-state index in [9.17, 15) is 4.39 Å². The number of nitrogens with two attached hydrogens (primary N) is 1. The molecule has 0 spiro atoms. The Morgan fingerprint density at radius 2 is 2.16 bits per heavy atom. The largest absolute Gasteiger partial charge is 0.328 e. The molecule has 2 nitrogen and oxygen atoms in total. The minimum Gasteiger partial charge on any atom is -0.328 e. The zero-order valence-electron chi connectivity index (χ0n) is 10.4. The number of halogens is 2. The van der Waals surface area contributed by atoms with Gasteiger partial charge in [0.25, 0.3) is 0 Å². The van der Waals surface area contributed by atoms with Crippen LogP contribution < -0.4 is 5.73 Å². The van der Waals surface area contributed by atoms with Crippen LogP contribution in [0.5, 0.6) is 0 Å². The van der Waals surface area contributed by atoms with E-state index in [1.165, 1.54) is 17.8 Å². The van der Waals surface area contributed by atoms with Crippen molar-refractivity contribution >= 4 is 23.4 Å². The van der Waals surface area contributed by atoms with Crippen LogP contribution in [-0.4, -0.2) is 11.0 Å². The SMILES string of the molecule is CC(N)Cc1c(F)cccc1Sc1ccc(Cl)cn1. The van der Waals surface area contributed by atoms with Gasteiger partial charge in [0.1, 0.15) is 10.8 Å². The van der Waals surface area contributed by atoms with Gasteiger partial charge in [0.2, 0.25) is 0 Å². The van der Waals surface area contributed by atoms with Crippen LogP contribution in [0.1, 0.15) is 12.5 Å². The van der Waals surface area contributed by atoms with Crippen LogP contribution in [-0.2, 0) is 6.42 Å². The second kappa shape index (κ2) is 6.37. The maximum atomic E-state index is 13.9. The Kier molecular flexibility index (Phi) is 4.80. The van der Waals surface area contributed by atoms with Crippen LogP contribution >= 0.6 is 23.4 Å². The Hall–Kier alpha value is -1.10. The van der Waals surface area contributed by atoms with Crippen molar-refractivity contribution < 1.29 is 4.39 Å². The van der Waals surface area contributed by atoms with Crippen molar-refractivity contribution in [2.24, 2.45) is 5.73 Å². The zero-order chi connectivity index (χ0) is 13.8. The molecular weight excluding hydrogens is 283 g/mol. The van der Waals surface area contributed by atoms with Gasteiger partial charge in [-0.05, 0) is 37.6 Å². The number of rotatable bonds is 4. The van der Waals surface area contributed by atoms with Crippen LogP contribution in [0.25, 0.3) is 0 Å². The highest BCUT2D eigenvalue weighted by atomic mass is 35.5. The first-order valence-electron chi connectivity index (χ1n) is 5.88. The highest BCUT2D eigenvalue weighted by molar-refractivity contribution is 7.99. The van der Waals surface area contributed by atoms with Crippen LogP contribution in [0.3, 0.4) is 0 Å². The minimum absolute atomic E-state index is 0.0885. The first kappa shape index (κ1) is 14.3. The average molecular weight is 297 g/mol. The monoisotopic (exact) mass is 296 g/mol. The van der Waals surface area contributed by atoms with E-state index >= 15 is 0 Å². The van der Waals surface area contributed by atoms with Gasteiger partial charge in [-0.3, -0.25) is 0 Å². The Morgan fingerprint density at radius 3 is 2.79 bits per heavy atom. The summed E-state index contributed by atoms with van der Waals surface area (Å²) in [5, 5.41) is 1.36. The van der Waals surface area contributed by atoms with E-state index in [4.69, 9.17) is 17.3 Å². The Bertz CT molecular complexity index is 558. The normalized spacial score (nSPS) is 12.4. The Balaban J connectivity index is 2.29. The molecular formula is C14H14ClFN2S. The molecule has 1 unspecified atom stereocenters. The lowest BCUT2D eigenvalue weighted by Crippen LogP contribution is -2.19. The molecule has 100 valence electrons. The number of pyridine rings is 1. The molecule has 2 aromatic rings. The van der Waals surface area contributed by atoms with Crippen LogP contribution in [0.15, 0.2) is 46.5 Å². The summed E-state index contributed by atoms with van der Waals surface area (Å²) in [4.78, 5) is 5.04. The van der Waals surface area contributed by atoms with Gasteiger partial charge in [0, 0.05) is 22.7 Å². The third kappa shape index (κ3) is 3.93. The lowest BCUT2D eigenvalue weighted by atomic mass is 10.1. The van der Waals surface area contributed by atoms with Gasteiger partial charge in [-0.15, -0.1) is 0 Å². The summed E-state index contributed by atoms with van der Waals surface area (Å²) in [5.41, 5.74) is 6.40. The molecule has 1 aromatic heterocycles. The Morgan fingerprint density at radius 1 is 1.37 bits per heavy atom. The van der Waals surface area contributed by atoms with Gasteiger partial charge in [-0.25, -0.2) is 9.37 Å². The van der Waals surface area contributed by atoms with E-state index in [-0.39, 0.29) is 11.9 Å². The first-order valence-corrected chi connectivity index (χ1v) is 7.08. The average Bonchev–Trinajstić information content (AvgIpc) is 2.36. The summed E-state index contributed by atoms with van der Waals surface area (Å²) >= 11 is 7.21. The molecule has 1 heterocycles. The minimum atomic E-state index is -0.226. The third-order valence-corrected chi connectivity index (χ3v) is 3.79. The predicted octanol–water partition coefficient (Wildman–Crippen LogP) is 3.92. The summed E-state index contributed by atoms with van der Waals surface area (Å²) in [7, 11) is 0. The zero-order valence-corrected chi connectivity index (χ0v) is 12.0. The molecule has 0 bridgehead atoms. The van der Waals surface area contributed by atoms with Crippen LogP contribution in [0.2, 0.25) is 5.02 Å². The fourth-order valence-corrected chi connectivity index (χ4v) is 2.72. The van der Waals surface area contributed by atoms with E-state index < -0.39 is 0 Å². The molecule has 0 fully saturated rings. The van der Waals surface area contributed by atoms with E-state index in [1.807, 2.05) is 19.1 Å². The highest BCUT2D eigenvalue weighted by Crippen LogP contribution is 2.31. The summed E-state index contributed by atoms with van der Waals surface area (Å²) in [6, 6.07) is 8.51. The maximum absolute atomic E-state index is 13.9. The van der Waals surface area contributed by atoms with Gasteiger partial charge in [-0.2, -0.15) is 0 Å². The summed E-state index contributed by atoms with van der Waals surface area (Å²) in [5.74, 6) is -0.226. The van der Waals surface area contributed by atoms with Crippen molar-refractivity contribution in [1.82, 2.24) is 4.98 Å². The topological polar surface area (TPSA) is 38.9 Å². The van der Waals surface area contributed by atoms with Crippen molar-refractivity contribution in [3.8, 4) is 0 Å². The van der Waals surface area contributed by atoms with Crippen LogP contribution in [0, 0.1) is 5.82 Å². The predicted molar refractivity (Wildman–Crippen MR) is 77.1 cm³/mol. The van der Waals surface area contributed by atoms with Gasteiger partial charge in [-0.1, -0.05) is 29.4 Å². The molecule has 0 aliphatic heterocycles. The number of nitrogens with zero attached hydrogens (tertiary/aromatic N) is 1. The smallest absolute Gasteiger partial charge is 0.127 e.